The Morgan fingerprint density at radius 3 is 2.14 bits per heavy atom. The second-order valence-electron chi connectivity index (χ2n) is 6.38. The van der Waals surface area contributed by atoms with E-state index in [0.29, 0.717) is 5.56 Å². The lowest BCUT2D eigenvalue weighted by Crippen LogP contribution is -2.59. The molecule has 1 aliphatic rings. The summed E-state index contributed by atoms with van der Waals surface area (Å²) in [5.74, 6) is 0.123. The molecule has 0 radical (unpaired) electrons. The van der Waals surface area contributed by atoms with Crippen LogP contribution in [0.3, 0.4) is 0 Å². The van der Waals surface area contributed by atoms with Gasteiger partial charge in [-0.2, -0.15) is 0 Å². The van der Waals surface area contributed by atoms with Crippen LogP contribution in [0.4, 0.5) is 0 Å². The molecule has 1 heterocycles. The Morgan fingerprint density at radius 2 is 1.45 bits per heavy atom. The average molecular weight is 404 g/mol. The highest BCUT2D eigenvalue weighted by Gasteiger charge is 2.46. The minimum absolute atomic E-state index is 0.0376. The molecule has 5 atom stereocenters. The standard InChI is InChI=1S/C20H20O9/c21-10-27-19-17(25)16(24)18(26)20(29-19)28-15-8-12(7-14(23)9-15)2-1-11-3-5-13(22)6-4-11/h1-10,16-20,22-26H/b2-1+/t16-,17-,18?,19?,20+/m0/s1. The summed E-state index contributed by atoms with van der Waals surface area (Å²) in [5.41, 5.74) is 1.37. The van der Waals surface area contributed by atoms with E-state index in [0.717, 1.165) is 5.56 Å². The highest BCUT2D eigenvalue weighted by atomic mass is 16.8. The molecule has 29 heavy (non-hydrogen) atoms. The molecular weight excluding hydrogens is 384 g/mol. The third-order valence-electron chi connectivity index (χ3n) is 4.24. The second-order valence-corrected chi connectivity index (χ2v) is 6.38. The number of rotatable bonds is 6. The van der Waals surface area contributed by atoms with Gasteiger partial charge in [-0.3, -0.25) is 9.53 Å². The van der Waals surface area contributed by atoms with Gasteiger partial charge in [0.05, 0.1) is 0 Å². The minimum Gasteiger partial charge on any atom is -0.508 e. The summed E-state index contributed by atoms with van der Waals surface area (Å²) >= 11 is 0. The maximum atomic E-state index is 10.5. The van der Waals surface area contributed by atoms with Crippen molar-refractivity contribution in [2.45, 2.75) is 30.9 Å². The van der Waals surface area contributed by atoms with Crippen LogP contribution in [0, 0.1) is 0 Å². The fourth-order valence-electron chi connectivity index (χ4n) is 2.76. The van der Waals surface area contributed by atoms with E-state index in [4.69, 9.17) is 9.47 Å². The molecule has 1 aliphatic heterocycles. The van der Waals surface area contributed by atoms with E-state index in [1.54, 1.807) is 30.4 Å². The van der Waals surface area contributed by atoms with Gasteiger partial charge in [0.2, 0.25) is 12.6 Å². The van der Waals surface area contributed by atoms with Crippen LogP contribution in [0.25, 0.3) is 12.2 Å². The minimum atomic E-state index is -1.68. The number of ether oxygens (including phenoxy) is 3. The van der Waals surface area contributed by atoms with Crippen molar-refractivity contribution in [3.8, 4) is 17.2 Å². The lowest BCUT2D eigenvalue weighted by molar-refractivity contribution is -0.321. The van der Waals surface area contributed by atoms with E-state index in [-0.39, 0.29) is 23.7 Å². The zero-order valence-electron chi connectivity index (χ0n) is 15.0. The SMILES string of the molecule is O=COC1O[C@@H](Oc2cc(O)cc(/C=C/c3ccc(O)cc3)c2)C(O)[C@@H](O)[C@@H]1O. The van der Waals surface area contributed by atoms with Gasteiger partial charge in [-0.15, -0.1) is 0 Å². The highest BCUT2D eigenvalue weighted by Crippen LogP contribution is 2.28. The number of phenolic OH excluding ortho intramolecular Hbond substituents is 2. The lowest BCUT2D eigenvalue weighted by Gasteiger charge is -2.38. The second kappa shape index (κ2) is 8.93. The van der Waals surface area contributed by atoms with Gasteiger partial charge in [0.1, 0.15) is 35.6 Å². The third-order valence-corrected chi connectivity index (χ3v) is 4.24. The number of aliphatic hydroxyl groups excluding tert-OH is 3. The zero-order valence-corrected chi connectivity index (χ0v) is 15.0. The first-order chi connectivity index (χ1) is 13.9. The molecule has 5 N–H and O–H groups in total. The van der Waals surface area contributed by atoms with Crippen molar-refractivity contribution in [3.63, 3.8) is 0 Å². The molecule has 2 aromatic carbocycles. The molecule has 0 amide bonds. The Kier molecular flexibility index (Phi) is 6.35. The Morgan fingerprint density at radius 1 is 0.793 bits per heavy atom. The van der Waals surface area contributed by atoms with Gasteiger partial charge < -0.3 is 35.0 Å². The van der Waals surface area contributed by atoms with Gasteiger partial charge in [0, 0.05) is 6.07 Å². The molecule has 0 saturated carbocycles. The van der Waals surface area contributed by atoms with E-state index in [9.17, 15) is 30.3 Å². The van der Waals surface area contributed by atoms with E-state index in [1.165, 1.54) is 24.3 Å². The first-order valence-corrected chi connectivity index (χ1v) is 8.64. The van der Waals surface area contributed by atoms with Crippen molar-refractivity contribution >= 4 is 18.6 Å². The molecule has 1 saturated heterocycles. The molecule has 1 fully saturated rings. The van der Waals surface area contributed by atoms with E-state index < -0.39 is 30.9 Å². The first kappa shape index (κ1) is 20.6. The first-order valence-electron chi connectivity index (χ1n) is 8.64. The third kappa shape index (κ3) is 5.04. The van der Waals surface area contributed by atoms with Crippen LogP contribution in [0.2, 0.25) is 0 Å². The number of aliphatic hydroxyl groups is 3. The largest absolute Gasteiger partial charge is 0.508 e. The van der Waals surface area contributed by atoms with Crippen molar-refractivity contribution < 1.29 is 44.5 Å². The molecule has 2 unspecified atom stereocenters. The number of carbonyl (C=O) groups is 1. The summed E-state index contributed by atoms with van der Waals surface area (Å²) in [4.78, 5) is 10.5. The smallest absolute Gasteiger partial charge is 0.295 e. The maximum Gasteiger partial charge on any atom is 0.295 e. The van der Waals surface area contributed by atoms with E-state index >= 15 is 0 Å². The quantitative estimate of drug-likeness (QED) is 0.345. The monoisotopic (exact) mass is 404 g/mol. The lowest BCUT2D eigenvalue weighted by atomic mass is 10.0. The number of aromatic hydroxyl groups is 2. The van der Waals surface area contributed by atoms with Crippen molar-refractivity contribution in [3.05, 3.63) is 53.6 Å². The molecule has 0 aliphatic carbocycles. The maximum absolute atomic E-state index is 10.5. The van der Waals surface area contributed by atoms with Gasteiger partial charge in [0.25, 0.3) is 6.47 Å². The van der Waals surface area contributed by atoms with Crippen molar-refractivity contribution in [2.75, 3.05) is 0 Å². The van der Waals surface area contributed by atoms with Gasteiger partial charge in [-0.25, -0.2) is 0 Å². The number of carbonyl (C=O) groups excluding carboxylic acids is 1. The van der Waals surface area contributed by atoms with Crippen molar-refractivity contribution in [1.82, 2.24) is 0 Å². The molecule has 0 aromatic heterocycles. The van der Waals surface area contributed by atoms with Crippen LogP contribution < -0.4 is 4.74 Å². The molecule has 3 rings (SSSR count). The topological polar surface area (TPSA) is 146 Å². The van der Waals surface area contributed by atoms with Crippen molar-refractivity contribution in [1.29, 1.82) is 0 Å². The molecule has 0 bridgehead atoms. The Hall–Kier alpha value is -3.11. The molecular formula is C20H20O9. The summed E-state index contributed by atoms with van der Waals surface area (Å²) in [6.45, 7) is 0.0376. The van der Waals surface area contributed by atoms with Gasteiger partial charge in [-0.05, 0) is 35.4 Å². The van der Waals surface area contributed by atoms with Crippen molar-refractivity contribution in [2.24, 2.45) is 0 Å². The Labute approximate surface area is 165 Å². The summed E-state index contributed by atoms with van der Waals surface area (Å²) in [7, 11) is 0. The highest BCUT2D eigenvalue weighted by molar-refractivity contribution is 5.71. The molecule has 2 aromatic rings. The fourth-order valence-corrected chi connectivity index (χ4v) is 2.76. The molecule has 9 heteroatoms. The van der Waals surface area contributed by atoms with Crippen LogP contribution in [-0.2, 0) is 14.3 Å². The summed E-state index contributed by atoms with van der Waals surface area (Å²) in [6, 6.07) is 10.8. The van der Waals surface area contributed by atoms with Crippen LogP contribution in [0.5, 0.6) is 17.2 Å². The van der Waals surface area contributed by atoms with Crippen LogP contribution >= 0.6 is 0 Å². The Balaban J connectivity index is 1.76. The predicted octanol–water partition coefficient (Wildman–Crippen LogP) is 0.585. The zero-order chi connectivity index (χ0) is 21.0. The summed E-state index contributed by atoms with van der Waals surface area (Å²) in [5, 5.41) is 49.0. The summed E-state index contributed by atoms with van der Waals surface area (Å²) in [6.07, 6.45) is -4.51. The van der Waals surface area contributed by atoms with Gasteiger partial charge >= 0.3 is 0 Å². The predicted molar refractivity (Wildman–Crippen MR) is 99.6 cm³/mol. The molecule has 9 nitrogen and oxygen atoms in total. The van der Waals surface area contributed by atoms with Gasteiger partial charge in [-0.1, -0.05) is 24.3 Å². The number of hydrogen-bond donors (Lipinski definition) is 5. The van der Waals surface area contributed by atoms with Gasteiger partial charge in [0.15, 0.2) is 0 Å². The van der Waals surface area contributed by atoms with Crippen LogP contribution in [0.1, 0.15) is 11.1 Å². The van der Waals surface area contributed by atoms with Crippen LogP contribution in [-0.4, -0.2) is 62.9 Å². The van der Waals surface area contributed by atoms with E-state index in [2.05, 4.69) is 4.74 Å². The number of phenols is 2. The Bertz CT molecular complexity index is 865. The fraction of sp³-hybridized carbons (Fsp3) is 0.250. The molecule has 154 valence electrons. The van der Waals surface area contributed by atoms with Crippen LogP contribution in [0.15, 0.2) is 42.5 Å². The van der Waals surface area contributed by atoms with E-state index in [1.807, 2.05) is 0 Å². The average Bonchev–Trinajstić information content (AvgIpc) is 2.69. The number of benzene rings is 2. The summed E-state index contributed by atoms with van der Waals surface area (Å²) < 4.78 is 15.2. The number of hydrogen-bond acceptors (Lipinski definition) is 9. The normalized spacial score (nSPS) is 26.9. The molecule has 0 spiro atoms.